The summed E-state index contributed by atoms with van der Waals surface area (Å²) in [6, 6.07) is 13.6. The van der Waals surface area contributed by atoms with Gasteiger partial charge >= 0.3 is 0 Å². The molecule has 1 aromatic heterocycles. The first-order chi connectivity index (χ1) is 9.83. The third-order valence-corrected chi connectivity index (χ3v) is 4.52. The second-order valence-corrected chi connectivity index (χ2v) is 5.83. The van der Waals surface area contributed by atoms with Gasteiger partial charge in [-0.15, -0.1) is 0 Å². The number of pyridine rings is 1. The minimum atomic E-state index is 0. The van der Waals surface area contributed by atoms with Gasteiger partial charge in [-0.1, -0.05) is 30.3 Å². The van der Waals surface area contributed by atoms with E-state index in [-0.39, 0.29) is 27.4 Å². The number of benzene rings is 1. The van der Waals surface area contributed by atoms with E-state index >= 15 is 0 Å². The summed E-state index contributed by atoms with van der Waals surface area (Å²) in [5.74, 6) is 1.18. The van der Waals surface area contributed by atoms with E-state index < -0.39 is 0 Å². The van der Waals surface area contributed by atoms with Gasteiger partial charge in [0.2, 0.25) is 0 Å². The Hall–Kier alpha value is -2.07. The van der Waals surface area contributed by atoms with Crippen molar-refractivity contribution < 1.29 is 27.4 Å². The lowest BCUT2D eigenvalue weighted by Gasteiger charge is -2.41. The predicted octanol–water partition coefficient (Wildman–Crippen LogP) is -1.64. The fourth-order valence-corrected chi connectivity index (χ4v) is 3.49. The van der Waals surface area contributed by atoms with Crippen molar-refractivity contribution in [1.82, 2.24) is 9.88 Å². The first kappa shape index (κ1) is 25.2. The van der Waals surface area contributed by atoms with Crippen molar-refractivity contribution >= 4 is 5.82 Å². The van der Waals surface area contributed by atoms with Gasteiger partial charge in [0.15, 0.2) is 0 Å². The van der Waals surface area contributed by atoms with Gasteiger partial charge in [0, 0.05) is 32.3 Å². The Balaban J connectivity index is 0. The maximum Gasteiger partial charge on any atom is 0.132 e. The van der Waals surface area contributed by atoms with Crippen molar-refractivity contribution in [2.45, 2.75) is 12.5 Å². The monoisotopic (exact) mass is 355 g/mol. The second kappa shape index (κ2) is 10.0. The predicted molar refractivity (Wildman–Crippen MR) is 99.1 cm³/mol. The molecule has 1 unspecified atom stereocenters. The highest BCUT2D eigenvalue weighted by molar-refractivity contribution is 5.56. The zero-order chi connectivity index (χ0) is 13.5. The lowest BCUT2D eigenvalue weighted by molar-refractivity contribution is 0.268. The number of piperazine rings is 1. The van der Waals surface area contributed by atoms with Gasteiger partial charge in [-0.25, -0.2) is 4.98 Å². The van der Waals surface area contributed by atoms with Crippen LogP contribution in [-0.4, -0.2) is 63.9 Å². The molecular weight excluding hydrogens is 326 g/mol. The molecule has 1 fully saturated rings. The lowest BCUT2D eigenvalue weighted by atomic mass is 9.96. The quantitative estimate of drug-likeness (QED) is 0.551. The highest BCUT2D eigenvalue weighted by Gasteiger charge is 2.32. The Labute approximate surface area is 147 Å². The Kier molecular flexibility index (Phi) is 10.1. The van der Waals surface area contributed by atoms with Crippen LogP contribution in [0.4, 0.5) is 5.82 Å². The van der Waals surface area contributed by atoms with Crippen LogP contribution in [0.1, 0.15) is 22.7 Å². The van der Waals surface area contributed by atoms with Crippen LogP contribution < -0.4 is 4.90 Å². The van der Waals surface area contributed by atoms with Crippen LogP contribution in [0.5, 0.6) is 0 Å². The molecule has 0 saturated carbocycles. The van der Waals surface area contributed by atoms with Crippen molar-refractivity contribution in [3.8, 4) is 0 Å². The largest absolute Gasteiger partial charge is 0.412 e. The number of hydrogen-bond donors (Lipinski definition) is 0. The Bertz CT molecular complexity index is 656. The summed E-state index contributed by atoms with van der Waals surface area (Å²) >= 11 is 0. The molecule has 1 saturated heterocycles. The van der Waals surface area contributed by atoms with Gasteiger partial charge in [0.25, 0.3) is 0 Å². The summed E-state index contributed by atoms with van der Waals surface area (Å²) in [5, 5.41) is 0. The van der Waals surface area contributed by atoms with Gasteiger partial charge in [0.05, 0.1) is 6.04 Å². The molecule has 8 nitrogen and oxygen atoms in total. The maximum absolute atomic E-state index is 4.68. The Morgan fingerprint density at radius 1 is 0.880 bits per heavy atom. The average Bonchev–Trinajstić information content (AvgIpc) is 2.61. The number of likely N-dealkylation sites (N-methyl/N-ethyl adjacent to an activating group) is 1. The molecular formula is C17H29N3O5. The molecule has 2 aliphatic rings. The van der Waals surface area contributed by atoms with Gasteiger partial charge in [-0.05, 0) is 29.8 Å². The van der Waals surface area contributed by atoms with Crippen LogP contribution >= 0.6 is 0 Å². The van der Waals surface area contributed by atoms with Gasteiger partial charge in [0.1, 0.15) is 5.82 Å². The lowest BCUT2D eigenvalue weighted by Crippen LogP contribution is -2.47. The van der Waals surface area contributed by atoms with Crippen LogP contribution in [-0.2, 0) is 6.42 Å². The maximum atomic E-state index is 4.68. The van der Waals surface area contributed by atoms with Crippen LogP contribution in [0.25, 0.3) is 0 Å². The SMILES string of the molecule is CN1CCN2c3ncccc3Cc3ccccc3C2C1.O.O.O.O.O. The Morgan fingerprint density at radius 3 is 2.32 bits per heavy atom. The standard InChI is InChI=1S/C17H19N3.5H2O/c1-19-9-10-20-16(12-19)15-7-3-2-5-13(15)11-14-6-4-8-18-17(14)20;;;;;/h2-8,16H,9-12H2,1H3;5*1H2. The average molecular weight is 355 g/mol. The summed E-state index contributed by atoms with van der Waals surface area (Å²) in [6.45, 7) is 3.24. The van der Waals surface area contributed by atoms with E-state index in [1.807, 2.05) is 6.20 Å². The number of hydrogen-bond acceptors (Lipinski definition) is 3. The van der Waals surface area contributed by atoms with Gasteiger partial charge in [-0.3, -0.25) is 0 Å². The van der Waals surface area contributed by atoms with Crippen LogP contribution in [0, 0.1) is 0 Å². The van der Waals surface area contributed by atoms with Crippen molar-refractivity contribution in [3.63, 3.8) is 0 Å². The van der Waals surface area contributed by atoms with Crippen molar-refractivity contribution in [1.29, 1.82) is 0 Å². The summed E-state index contributed by atoms with van der Waals surface area (Å²) < 4.78 is 0. The molecule has 0 bridgehead atoms. The number of aromatic nitrogens is 1. The van der Waals surface area contributed by atoms with Crippen LogP contribution in [0.2, 0.25) is 0 Å². The minimum Gasteiger partial charge on any atom is -0.412 e. The molecule has 142 valence electrons. The van der Waals surface area contributed by atoms with E-state index in [1.165, 1.54) is 22.5 Å². The molecule has 25 heavy (non-hydrogen) atoms. The summed E-state index contributed by atoms with van der Waals surface area (Å²) in [7, 11) is 2.21. The first-order valence-electron chi connectivity index (χ1n) is 7.30. The number of nitrogens with zero attached hydrogens (tertiary/aromatic N) is 3. The van der Waals surface area contributed by atoms with E-state index in [9.17, 15) is 0 Å². The molecule has 0 amide bonds. The highest BCUT2D eigenvalue weighted by atomic mass is 16.0. The molecule has 0 radical (unpaired) electrons. The second-order valence-electron chi connectivity index (χ2n) is 5.83. The zero-order valence-electron chi connectivity index (χ0n) is 14.3. The molecule has 1 atom stereocenters. The van der Waals surface area contributed by atoms with Crippen molar-refractivity contribution in [2.24, 2.45) is 0 Å². The summed E-state index contributed by atoms with van der Waals surface area (Å²) in [4.78, 5) is 9.60. The van der Waals surface area contributed by atoms with Gasteiger partial charge < -0.3 is 37.2 Å². The molecule has 0 spiro atoms. The van der Waals surface area contributed by atoms with E-state index in [0.29, 0.717) is 6.04 Å². The molecule has 2 aliphatic heterocycles. The molecule has 2 aromatic rings. The molecule has 8 heteroatoms. The normalized spacial score (nSPS) is 17.3. The fourth-order valence-electron chi connectivity index (χ4n) is 3.49. The summed E-state index contributed by atoms with van der Waals surface area (Å²) in [6.07, 6.45) is 2.92. The molecule has 3 heterocycles. The fraction of sp³-hybridized carbons (Fsp3) is 0.353. The number of rotatable bonds is 0. The van der Waals surface area contributed by atoms with Crippen LogP contribution in [0.3, 0.4) is 0 Å². The van der Waals surface area contributed by atoms with E-state index in [1.54, 1.807) is 0 Å². The first-order valence-corrected chi connectivity index (χ1v) is 7.30. The topological polar surface area (TPSA) is 177 Å². The van der Waals surface area contributed by atoms with E-state index in [2.05, 4.69) is 58.2 Å². The number of anilines is 1. The van der Waals surface area contributed by atoms with Crippen LogP contribution in [0.15, 0.2) is 42.6 Å². The van der Waals surface area contributed by atoms with Crippen molar-refractivity contribution in [2.75, 3.05) is 31.6 Å². The molecule has 1 aromatic carbocycles. The smallest absolute Gasteiger partial charge is 0.132 e. The Morgan fingerprint density at radius 2 is 1.56 bits per heavy atom. The zero-order valence-corrected chi connectivity index (χ0v) is 14.3. The van der Waals surface area contributed by atoms with E-state index in [4.69, 9.17) is 0 Å². The van der Waals surface area contributed by atoms with Gasteiger partial charge in [-0.2, -0.15) is 0 Å². The highest BCUT2D eigenvalue weighted by Crippen LogP contribution is 2.37. The van der Waals surface area contributed by atoms with E-state index in [0.717, 1.165) is 26.1 Å². The number of fused-ring (bicyclic) bond motifs is 5. The molecule has 10 N–H and O–H groups in total. The third kappa shape index (κ3) is 4.31. The third-order valence-electron chi connectivity index (χ3n) is 4.52. The minimum absolute atomic E-state index is 0. The molecule has 0 aliphatic carbocycles. The van der Waals surface area contributed by atoms with Crippen molar-refractivity contribution in [3.05, 3.63) is 59.3 Å². The molecule has 4 rings (SSSR count). The summed E-state index contributed by atoms with van der Waals surface area (Å²) in [5.41, 5.74) is 4.27.